The Labute approximate surface area is 106 Å². The smallest absolute Gasteiger partial charge is 0.241 e. The average Bonchev–Trinajstić information content (AvgIpc) is 2.36. The molecular weight excluding hydrogens is 232 g/mol. The SMILES string of the molecule is C=CCSc1ccccc1NC(=O)[C@@H](N)CC. The van der Waals surface area contributed by atoms with E-state index < -0.39 is 6.04 Å². The highest BCUT2D eigenvalue weighted by Crippen LogP contribution is 2.26. The minimum atomic E-state index is -0.451. The molecule has 0 unspecified atom stereocenters. The summed E-state index contributed by atoms with van der Waals surface area (Å²) in [6.07, 6.45) is 2.47. The Morgan fingerprint density at radius 1 is 1.59 bits per heavy atom. The van der Waals surface area contributed by atoms with Gasteiger partial charge in [0.05, 0.1) is 11.7 Å². The molecule has 1 rings (SSSR count). The van der Waals surface area contributed by atoms with Crippen LogP contribution in [-0.2, 0) is 4.79 Å². The predicted octanol–water partition coefficient (Wildman–Crippen LogP) is 2.64. The normalized spacial score (nSPS) is 11.9. The van der Waals surface area contributed by atoms with Crippen molar-refractivity contribution in [3.8, 4) is 0 Å². The number of rotatable bonds is 6. The van der Waals surface area contributed by atoms with Gasteiger partial charge in [-0.05, 0) is 18.6 Å². The van der Waals surface area contributed by atoms with E-state index >= 15 is 0 Å². The Morgan fingerprint density at radius 3 is 2.94 bits per heavy atom. The zero-order valence-electron chi connectivity index (χ0n) is 9.98. The summed E-state index contributed by atoms with van der Waals surface area (Å²) >= 11 is 1.63. The number of carbonyl (C=O) groups excluding carboxylic acids is 1. The molecule has 1 amide bonds. The predicted molar refractivity (Wildman–Crippen MR) is 74.3 cm³/mol. The van der Waals surface area contributed by atoms with E-state index in [1.807, 2.05) is 37.3 Å². The molecule has 0 radical (unpaired) electrons. The van der Waals surface area contributed by atoms with E-state index in [9.17, 15) is 4.79 Å². The van der Waals surface area contributed by atoms with Gasteiger partial charge < -0.3 is 11.1 Å². The second-order valence-electron chi connectivity index (χ2n) is 3.60. The van der Waals surface area contributed by atoms with Crippen molar-refractivity contribution in [2.75, 3.05) is 11.1 Å². The maximum Gasteiger partial charge on any atom is 0.241 e. The number of nitrogens with one attached hydrogen (secondary N) is 1. The van der Waals surface area contributed by atoms with Crippen molar-refractivity contribution >= 4 is 23.4 Å². The fourth-order valence-corrected chi connectivity index (χ4v) is 2.00. The van der Waals surface area contributed by atoms with Gasteiger partial charge in [0.15, 0.2) is 0 Å². The van der Waals surface area contributed by atoms with E-state index in [1.54, 1.807) is 11.8 Å². The molecule has 17 heavy (non-hydrogen) atoms. The monoisotopic (exact) mass is 250 g/mol. The minimum absolute atomic E-state index is 0.140. The fraction of sp³-hybridized carbons (Fsp3) is 0.308. The summed E-state index contributed by atoms with van der Waals surface area (Å²) in [5.74, 6) is 0.673. The summed E-state index contributed by atoms with van der Waals surface area (Å²) in [4.78, 5) is 12.7. The zero-order chi connectivity index (χ0) is 12.7. The van der Waals surface area contributed by atoms with Gasteiger partial charge in [-0.25, -0.2) is 0 Å². The van der Waals surface area contributed by atoms with Crippen molar-refractivity contribution in [2.45, 2.75) is 24.3 Å². The average molecular weight is 250 g/mol. The maximum absolute atomic E-state index is 11.7. The van der Waals surface area contributed by atoms with Crippen LogP contribution in [0.25, 0.3) is 0 Å². The van der Waals surface area contributed by atoms with Crippen molar-refractivity contribution in [1.29, 1.82) is 0 Å². The van der Waals surface area contributed by atoms with Crippen molar-refractivity contribution in [3.63, 3.8) is 0 Å². The molecule has 0 spiro atoms. The molecule has 0 saturated heterocycles. The van der Waals surface area contributed by atoms with Gasteiger partial charge in [0.1, 0.15) is 0 Å². The molecule has 0 fully saturated rings. The number of hydrogen-bond donors (Lipinski definition) is 2. The summed E-state index contributed by atoms with van der Waals surface area (Å²) in [5, 5.41) is 2.85. The molecule has 0 aromatic heterocycles. The van der Waals surface area contributed by atoms with Gasteiger partial charge in [0.25, 0.3) is 0 Å². The third-order valence-electron chi connectivity index (χ3n) is 2.28. The van der Waals surface area contributed by atoms with Gasteiger partial charge in [-0.2, -0.15) is 0 Å². The van der Waals surface area contributed by atoms with E-state index in [1.165, 1.54) is 0 Å². The van der Waals surface area contributed by atoms with E-state index in [4.69, 9.17) is 5.73 Å². The van der Waals surface area contributed by atoms with Gasteiger partial charge in [-0.1, -0.05) is 25.1 Å². The maximum atomic E-state index is 11.7. The van der Waals surface area contributed by atoms with Gasteiger partial charge in [0, 0.05) is 10.6 Å². The molecule has 0 heterocycles. The number of para-hydroxylation sites is 1. The van der Waals surface area contributed by atoms with Crippen LogP contribution in [0.5, 0.6) is 0 Å². The van der Waals surface area contributed by atoms with E-state index in [2.05, 4.69) is 11.9 Å². The Balaban J connectivity index is 2.75. The highest BCUT2D eigenvalue weighted by molar-refractivity contribution is 7.99. The first kappa shape index (κ1) is 13.8. The lowest BCUT2D eigenvalue weighted by molar-refractivity contribution is -0.117. The van der Waals surface area contributed by atoms with Crippen molar-refractivity contribution < 1.29 is 4.79 Å². The first-order chi connectivity index (χ1) is 8.19. The molecule has 4 heteroatoms. The van der Waals surface area contributed by atoms with E-state index in [0.29, 0.717) is 6.42 Å². The molecule has 1 aromatic rings. The standard InChI is InChI=1S/C13H18N2OS/c1-3-9-17-12-8-6-5-7-11(12)15-13(16)10(14)4-2/h3,5-8,10H,1,4,9,14H2,2H3,(H,15,16)/t10-/m0/s1. The van der Waals surface area contributed by atoms with Gasteiger partial charge >= 0.3 is 0 Å². The molecule has 92 valence electrons. The number of thioether (sulfide) groups is 1. The number of hydrogen-bond acceptors (Lipinski definition) is 3. The molecule has 3 N–H and O–H groups in total. The van der Waals surface area contributed by atoms with Crippen LogP contribution in [0.15, 0.2) is 41.8 Å². The molecule has 1 atom stereocenters. The fourth-order valence-electron chi connectivity index (χ4n) is 1.26. The third kappa shape index (κ3) is 4.24. The number of carbonyl (C=O) groups is 1. The summed E-state index contributed by atoms with van der Waals surface area (Å²) in [6, 6.07) is 7.24. The van der Waals surface area contributed by atoms with Crippen molar-refractivity contribution in [1.82, 2.24) is 0 Å². The first-order valence-corrected chi connectivity index (χ1v) is 6.56. The minimum Gasteiger partial charge on any atom is -0.324 e. The summed E-state index contributed by atoms with van der Waals surface area (Å²) in [5.41, 5.74) is 6.49. The Kier molecular flexibility index (Phi) is 5.80. The van der Waals surface area contributed by atoms with Crippen LogP contribution in [-0.4, -0.2) is 17.7 Å². The quantitative estimate of drug-likeness (QED) is 0.603. The van der Waals surface area contributed by atoms with Gasteiger partial charge in [0.2, 0.25) is 5.91 Å². The highest BCUT2D eigenvalue weighted by atomic mass is 32.2. The first-order valence-electron chi connectivity index (χ1n) is 5.58. The Hall–Kier alpha value is -1.26. The summed E-state index contributed by atoms with van der Waals surface area (Å²) in [7, 11) is 0. The van der Waals surface area contributed by atoms with Crippen LogP contribution < -0.4 is 11.1 Å². The second kappa shape index (κ2) is 7.14. The summed E-state index contributed by atoms with van der Waals surface area (Å²) in [6.45, 7) is 5.57. The van der Waals surface area contributed by atoms with E-state index in [0.717, 1.165) is 16.3 Å². The van der Waals surface area contributed by atoms with Gasteiger partial charge in [-0.3, -0.25) is 4.79 Å². The lowest BCUT2D eigenvalue weighted by atomic mass is 10.2. The van der Waals surface area contributed by atoms with Crippen LogP contribution in [0, 0.1) is 0 Å². The molecule has 0 aliphatic carbocycles. The second-order valence-corrected chi connectivity index (χ2v) is 4.66. The number of benzene rings is 1. The molecule has 1 aromatic carbocycles. The van der Waals surface area contributed by atoms with Crippen LogP contribution in [0.2, 0.25) is 0 Å². The number of anilines is 1. The van der Waals surface area contributed by atoms with Crippen LogP contribution in [0.3, 0.4) is 0 Å². The molecule has 0 aliphatic rings. The van der Waals surface area contributed by atoms with Gasteiger partial charge in [-0.15, -0.1) is 18.3 Å². The number of amides is 1. The molecule has 0 saturated carbocycles. The molecule has 3 nitrogen and oxygen atoms in total. The molecule has 0 bridgehead atoms. The number of nitrogens with two attached hydrogens (primary N) is 1. The van der Waals surface area contributed by atoms with Crippen LogP contribution >= 0.6 is 11.8 Å². The summed E-state index contributed by atoms with van der Waals surface area (Å²) < 4.78 is 0. The largest absolute Gasteiger partial charge is 0.324 e. The molecule has 0 aliphatic heterocycles. The third-order valence-corrected chi connectivity index (χ3v) is 3.35. The lowest BCUT2D eigenvalue weighted by Gasteiger charge is -2.13. The topological polar surface area (TPSA) is 55.1 Å². The highest BCUT2D eigenvalue weighted by Gasteiger charge is 2.12. The molecular formula is C13H18N2OS. The Bertz CT molecular complexity index is 393. The van der Waals surface area contributed by atoms with Crippen LogP contribution in [0.1, 0.15) is 13.3 Å². The lowest BCUT2D eigenvalue weighted by Crippen LogP contribution is -2.34. The Morgan fingerprint density at radius 2 is 2.29 bits per heavy atom. The van der Waals surface area contributed by atoms with Crippen molar-refractivity contribution in [3.05, 3.63) is 36.9 Å². The zero-order valence-corrected chi connectivity index (χ0v) is 10.8. The van der Waals surface area contributed by atoms with Crippen molar-refractivity contribution in [2.24, 2.45) is 5.73 Å². The van der Waals surface area contributed by atoms with E-state index in [-0.39, 0.29) is 5.91 Å². The van der Waals surface area contributed by atoms with Crippen LogP contribution in [0.4, 0.5) is 5.69 Å².